The molecule has 4 aromatic rings. The second-order valence-corrected chi connectivity index (χ2v) is 9.77. The van der Waals surface area contributed by atoms with Gasteiger partial charge in [0, 0.05) is 30.9 Å². The van der Waals surface area contributed by atoms with Crippen molar-refractivity contribution in [1.29, 1.82) is 0 Å². The van der Waals surface area contributed by atoms with Crippen LogP contribution in [0.1, 0.15) is 60.6 Å². The number of benzene rings is 2. The molecule has 2 aromatic carbocycles. The maximum Gasteiger partial charge on any atom is 0.254 e. The topological polar surface area (TPSA) is 129 Å². The van der Waals surface area contributed by atoms with E-state index in [2.05, 4.69) is 46.6 Å². The van der Waals surface area contributed by atoms with Crippen molar-refractivity contribution in [2.45, 2.75) is 45.7 Å². The molecule has 10 nitrogen and oxygen atoms in total. The smallest absolute Gasteiger partial charge is 0.254 e. The molecule has 1 aliphatic rings. The lowest BCUT2D eigenvalue weighted by Gasteiger charge is -2.32. The highest BCUT2D eigenvalue weighted by molar-refractivity contribution is 6.00. The fourth-order valence-corrected chi connectivity index (χ4v) is 4.79. The van der Waals surface area contributed by atoms with Crippen molar-refractivity contribution in [1.82, 2.24) is 25.1 Å². The molecule has 196 valence electrons. The van der Waals surface area contributed by atoms with Crippen molar-refractivity contribution < 1.29 is 14.3 Å². The number of rotatable bonds is 9. The van der Waals surface area contributed by atoms with Gasteiger partial charge in [0.1, 0.15) is 5.82 Å². The Morgan fingerprint density at radius 3 is 2.58 bits per heavy atom. The number of amides is 1. The molecular weight excluding hydrogens is 482 g/mol. The lowest BCUT2D eigenvalue weighted by Crippen LogP contribution is -2.39. The number of anilines is 3. The number of aryl methyl sites for hydroxylation is 1. The summed E-state index contributed by atoms with van der Waals surface area (Å²) in [6.45, 7) is 8.46. The molecule has 0 saturated carbocycles. The predicted molar refractivity (Wildman–Crippen MR) is 144 cm³/mol. The van der Waals surface area contributed by atoms with Crippen LogP contribution in [0.2, 0.25) is 0 Å². The number of aromatic nitrogens is 4. The number of fused-ring (bicyclic) bond motifs is 1. The highest BCUT2D eigenvalue weighted by atomic mass is 16.4. The molecular formula is C28H31N7O3. The second-order valence-electron chi connectivity index (χ2n) is 9.77. The lowest BCUT2D eigenvalue weighted by atomic mass is 9.93. The first-order chi connectivity index (χ1) is 18.3. The maximum atomic E-state index is 13.0. The first-order valence-corrected chi connectivity index (χ1v) is 12.6. The zero-order valence-corrected chi connectivity index (χ0v) is 21.9. The first kappa shape index (κ1) is 25.3. The Hall–Kier alpha value is -4.31. The van der Waals surface area contributed by atoms with Crippen molar-refractivity contribution in [2.24, 2.45) is 0 Å². The van der Waals surface area contributed by atoms with Crippen LogP contribution in [0, 0.1) is 6.92 Å². The summed E-state index contributed by atoms with van der Waals surface area (Å²) in [5, 5.41) is 24.8. The van der Waals surface area contributed by atoms with E-state index in [1.54, 1.807) is 13.1 Å². The molecule has 1 atom stereocenters. The van der Waals surface area contributed by atoms with E-state index in [0.717, 1.165) is 23.2 Å². The molecule has 38 heavy (non-hydrogen) atoms. The standard InChI is InChI=1S/C28H31N7O3/c1-5-13-35-26(37)20-12-11-19(14-22(20)28(35,3)4)30-27-29-15-21(25-34-33-17(2)38-25)24(32-27)31-23(16-36)18-9-7-6-8-10-18/h6-12,14-15,23,36H,5,13,16H2,1-4H3,(H2,29,30,31,32)/t23-/m1/s1. The highest BCUT2D eigenvalue weighted by Crippen LogP contribution is 2.40. The van der Waals surface area contributed by atoms with Crippen LogP contribution < -0.4 is 10.6 Å². The number of nitrogens with zero attached hydrogens (tertiary/aromatic N) is 5. The quantitative estimate of drug-likeness (QED) is 0.288. The zero-order chi connectivity index (χ0) is 26.9. The van der Waals surface area contributed by atoms with Gasteiger partial charge in [-0.2, -0.15) is 4.98 Å². The minimum atomic E-state index is -0.419. The van der Waals surface area contributed by atoms with Crippen molar-refractivity contribution in [3.63, 3.8) is 0 Å². The number of carbonyl (C=O) groups excluding carboxylic acids is 1. The molecule has 10 heteroatoms. The second kappa shape index (κ2) is 10.2. The number of carbonyl (C=O) groups is 1. The van der Waals surface area contributed by atoms with Gasteiger partial charge in [0.05, 0.1) is 23.8 Å². The molecule has 1 amide bonds. The van der Waals surface area contributed by atoms with E-state index < -0.39 is 11.6 Å². The molecule has 0 unspecified atom stereocenters. The number of hydrogen-bond acceptors (Lipinski definition) is 9. The number of hydrogen-bond donors (Lipinski definition) is 3. The average Bonchev–Trinajstić information content (AvgIpc) is 3.43. The van der Waals surface area contributed by atoms with Gasteiger partial charge in [0.15, 0.2) is 0 Å². The van der Waals surface area contributed by atoms with Crippen molar-refractivity contribution in [3.05, 3.63) is 77.3 Å². The Balaban J connectivity index is 1.48. The summed E-state index contributed by atoms with van der Waals surface area (Å²) in [6.07, 6.45) is 2.50. The van der Waals surface area contributed by atoms with Gasteiger partial charge in [-0.3, -0.25) is 4.79 Å². The van der Waals surface area contributed by atoms with E-state index in [1.807, 2.05) is 53.4 Å². The van der Waals surface area contributed by atoms with E-state index >= 15 is 0 Å². The predicted octanol–water partition coefficient (Wildman–Crippen LogP) is 4.83. The number of nitrogens with one attached hydrogen (secondary N) is 2. The SMILES string of the molecule is CCCN1C(=O)c2ccc(Nc3ncc(-c4nnc(C)o4)c(N[C@H](CO)c4ccccc4)n3)cc2C1(C)C. The molecule has 5 rings (SSSR count). The van der Waals surface area contributed by atoms with Crippen molar-refractivity contribution in [2.75, 3.05) is 23.8 Å². The molecule has 0 radical (unpaired) electrons. The van der Waals surface area contributed by atoms with Crippen LogP contribution in [0.3, 0.4) is 0 Å². The summed E-state index contributed by atoms with van der Waals surface area (Å²) in [4.78, 5) is 24.1. The van der Waals surface area contributed by atoms with Gasteiger partial charge < -0.3 is 25.1 Å². The third-order valence-corrected chi connectivity index (χ3v) is 6.77. The average molecular weight is 514 g/mol. The Morgan fingerprint density at radius 1 is 1.11 bits per heavy atom. The monoisotopic (exact) mass is 513 g/mol. The van der Waals surface area contributed by atoms with E-state index in [0.29, 0.717) is 35.3 Å². The van der Waals surface area contributed by atoms with Gasteiger partial charge in [0.25, 0.3) is 11.8 Å². The Labute approximate surface area is 221 Å². The first-order valence-electron chi connectivity index (χ1n) is 12.6. The Bertz CT molecular complexity index is 1450. The molecule has 0 aliphatic carbocycles. The maximum absolute atomic E-state index is 13.0. The minimum Gasteiger partial charge on any atom is -0.421 e. The van der Waals surface area contributed by atoms with Crippen LogP contribution in [0.15, 0.2) is 59.1 Å². The van der Waals surface area contributed by atoms with E-state index in [9.17, 15) is 9.90 Å². The van der Waals surface area contributed by atoms with Crippen LogP contribution >= 0.6 is 0 Å². The molecule has 0 fully saturated rings. The van der Waals surface area contributed by atoms with Crippen LogP contribution in [0.4, 0.5) is 17.5 Å². The molecule has 0 spiro atoms. The van der Waals surface area contributed by atoms with Gasteiger partial charge in [-0.05, 0) is 49.6 Å². The molecule has 0 bridgehead atoms. The Kier molecular flexibility index (Phi) is 6.81. The summed E-state index contributed by atoms with van der Waals surface area (Å²) < 4.78 is 5.64. The van der Waals surface area contributed by atoms with Crippen molar-refractivity contribution >= 4 is 23.4 Å². The van der Waals surface area contributed by atoms with Gasteiger partial charge in [-0.15, -0.1) is 10.2 Å². The van der Waals surface area contributed by atoms with Crippen molar-refractivity contribution in [3.8, 4) is 11.5 Å². The van der Waals surface area contributed by atoms with Gasteiger partial charge in [-0.1, -0.05) is 37.3 Å². The summed E-state index contributed by atoms with van der Waals surface area (Å²) >= 11 is 0. The molecule has 1 aliphatic heterocycles. The molecule has 2 aromatic heterocycles. The third kappa shape index (κ3) is 4.70. The minimum absolute atomic E-state index is 0.0521. The van der Waals surface area contributed by atoms with Crippen LogP contribution in [0.5, 0.6) is 0 Å². The summed E-state index contributed by atoms with van der Waals surface area (Å²) in [5.74, 6) is 1.51. The van der Waals surface area contributed by atoms with E-state index in [-0.39, 0.29) is 18.4 Å². The van der Waals surface area contributed by atoms with Crippen LogP contribution in [-0.4, -0.2) is 49.2 Å². The number of aliphatic hydroxyl groups excluding tert-OH is 1. The van der Waals surface area contributed by atoms with Gasteiger partial charge >= 0.3 is 0 Å². The largest absolute Gasteiger partial charge is 0.421 e. The van der Waals surface area contributed by atoms with Gasteiger partial charge in [0.2, 0.25) is 11.8 Å². The molecule has 0 saturated heterocycles. The lowest BCUT2D eigenvalue weighted by molar-refractivity contribution is 0.0619. The molecule has 3 heterocycles. The normalized spacial score (nSPS) is 14.9. The number of aliphatic hydroxyl groups is 1. The Morgan fingerprint density at radius 2 is 1.89 bits per heavy atom. The fraction of sp³-hybridized carbons (Fsp3) is 0.321. The zero-order valence-electron chi connectivity index (χ0n) is 21.9. The van der Waals surface area contributed by atoms with Crippen LogP contribution in [-0.2, 0) is 5.54 Å². The fourth-order valence-electron chi connectivity index (χ4n) is 4.79. The molecule has 3 N–H and O–H groups in total. The summed E-state index contributed by atoms with van der Waals surface area (Å²) in [5.41, 5.74) is 3.43. The van der Waals surface area contributed by atoms with E-state index in [4.69, 9.17) is 9.40 Å². The summed E-state index contributed by atoms with van der Waals surface area (Å²) in [7, 11) is 0. The summed E-state index contributed by atoms with van der Waals surface area (Å²) in [6, 6.07) is 14.9. The van der Waals surface area contributed by atoms with E-state index in [1.165, 1.54) is 0 Å². The third-order valence-electron chi connectivity index (χ3n) is 6.77. The van der Waals surface area contributed by atoms with Gasteiger partial charge in [-0.25, -0.2) is 4.98 Å². The van der Waals surface area contributed by atoms with Crippen LogP contribution in [0.25, 0.3) is 11.5 Å². The highest BCUT2D eigenvalue weighted by Gasteiger charge is 2.42.